The maximum Gasteiger partial charge on any atom is 0.416 e. The molecule has 3 fully saturated rings. The van der Waals surface area contributed by atoms with E-state index in [4.69, 9.17) is 4.74 Å². The highest BCUT2D eigenvalue weighted by Crippen LogP contribution is 2.47. The number of hydrogen-bond donors (Lipinski definition) is 0. The largest absolute Gasteiger partial charge is 0.416 e. The molecule has 7 rings (SSSR count). The number of aromatic nitrogens is 3. The molecule has 3 aromatic rings. The molecule has 2 unspecified atom stereocenters. The number of piperidine rings is 1. The van der Waals surface area contributed by atoms with Gasteiger partial charge in [-0.25, -0.2) is 4.39 Å². The molecular weight excluding hydrogens is 538 g/mol. The monoisotopic (exact) mass is 569 g/mol. The van der Waals surface area contributed by atoms with Crippen LogP contribution in [0.5, 0.6) is 0 Å². The molecule has 1 aromatic heterocycles. The first-order chi connectivity index (χ1) is 19.7. The lowest BCUT2D eigenvalue weighted by atomic mass is 9.74. The minimum Gasteiger partial charge on any atom is -0.379 e. The van der Waals surface area contributed by atoms with Gasteiger partial charge in [0.05, 0.1) is 30.7 Å². The third-order valence-electron chi connectivity index (χ3n) is 9.53. The smallest absolute Gasteiger partial charge is 0.379 e. The van der Waals surface area contributed by atoms with E-state index in [0.29, 0.717) is 35.4 Å². The van der Waals surface area contributed by atoms with Crippen LogP contribution in [0.2, 0.25) is 0 Å². The van der Waals surface area contributed by atoms with Gasteiger partial charge in [-0.1, -0.05) is 18.6 Å². The van der Waals surface area contributed by atoms with Crippen LogP contribution < -0.4 is 4.90 Å². The predicted molar refractivity (Wildman–Crippen MR) is 142 cm³/mol. The van der Waals surface area contributed by atoms with Crippen LogP contribution in [0.25, 0.3) is 0 Å². The molecular formula is C30H31F4N5O2. The zero-order chi connectivity index (χ0) is 28.5. The summed E-state index contributed by atoms with van der Waals surface area (Å²) in [4.78, 5) is 17.4. The number of fused-ring (bicyclic) bond motifs is 3. The van der Waals surface area contributed by atoms with E-state index >= 15 is 4.39 Å². The van der Waals surface area contributed by atoms with Gasteiger partial charge in [-0.3, -0.25) is 9.69 Å². The number of alkyl halides is 4. The summed E-state index contributed by atoms with van der Waals surface area (Å²) in [5, 5.41) is 7.72. The zero-order valence-electron chi connectivity index (χ0n) is 22.7. The normalized spacial score (nSPS) is 24.4. The average Bonchev–Trinajstić information content (AvgIpc) is 3.54. The Labute approximate surface area is 235 Å². The Morgan fingerprint density at radius 2 is 1.85 bits per heavy atom. The molecule has 3 saturated heterocycles. The van der Waals surface area contributed by atoms with Gasteiger partial charge in [0, 0.05) is 36.9 Å². The number of carbonyl (C=O) groups is 1. The molecule has 7 nitrogen and oxygen atoms in total. The topological polar surface area (TPSA) is 63.5 Å². The van der Waals surface area contributed by atoms with Crippen LogP contribution in [-0.2, 0) is 36.5 Å². The number of benzene rings is 2. The van der Waals surface area contributed by atoms with Crippen LogP contribution in [-0.4, -0.2) is 50.9 Å². The second-order valence-corrected chi connectivity index (χ2v) is 11.9. The number of amides is 1. The molecule has 4 aliphatic rings. The summed E-state index contributed by atoms with van der Waals surface area (Å²) in [6.45, 7) is 0.432. The standard InChI is InChI=1S/C30H31F4N5O2/c1-37-17-35-36-27(37)26(31)29(15-41-16-29)19-4-2-7-22(12-19)39-14-24-23(28(39)40)10-18(11-25(24)30(32,33)34)13-38-20-5-3-6-21(38)9-8-20/h2,4,7,10-12,17,20-21,26H,3,5-6,8-9,13-16H2,1H3/t20?,21?,26-/m1/s1. The third-order valence-corrected chi connectivity index (χ3v) is 9.53. The van der Waals surface area contributed by atoms with Crippen LogP contribution in [0.4, 0.5) is 23.2 Å². The van der Waals surface area contributed by atoms with Crippen LogP contribution in [0.1, 0.15) is 76.7 Å². The Morgan fingerprint density at radius 1 is 1.10 bits per heavy atom. The van der Waals surface area contributed by atoms with E-state index in [9.17, 15) is 18.0 Å². The molecule has 5 heterocycles. The van der Waals surface area contributed by atoms with Crippen molar-refractivity contribution in [3.05, 3.63) is 76.4 Å². The highest BCUT2D eigenvalue weighted by Gasteiger charge is 2.51. The van der Waals surface area contributed by atoms with Crippen LogP contribution in [0.15, 0.2) is 42.7 Å². The van der Waals surface area contributed by atoms with E-state index in [1.165, 1.54) is 21.9 Å². The fourth-order valence-corrected chi connectivity index (χ4v) is 7.25. The summed E-state index contributed by atoms with van der Waals surface area (Å²) in [5.41, 5.74) is -0.174. The number of rotatable bonds is 6. The van der Waals surface area contributed by atoms with Crippen molar-refractivity contribution < 1.29 is 27.1 Å². The minimum absolute atomic E-state index is 0.0117. The number of ether oxygens (including phenoxy) is 1. The summed E-state index contributed by atoms with van der Waals surface area (Å²) in [5.74, 6) is -0.317. The van der Waals surface area contributed by atoms with Gasteiger partial charge < -0.3 is 14.2 Å². The number of aryl methyl sites for hydroxylation is 1. The lowest BCUT2D eigenvalue weighted by molar-refractivity contribution is -0.138. The molecule has 1 amide bonds. The molecule has 11 heteroatoms. The Kier molecular flexibility index (Phi) is 6.24. The van der Waals surface area contributed by atoms with Crippen LogP contribution in [0, 0.1) is 0 Å². The summed E-state index contributed by atoms with van der Waals surface area (Å²) in [6, 6.07) is 10.5. The van der Waals surface area contributed by atoms with Crippen molar-refractivity contribution >= 4 is 11.6 Å². The van der Waals surface area contributed by atoms with Crippen molar-refractivity contribution in [3.8, 4) is 0 Å². The highest BCUT2D eigenvalue weighted by atomic mass is 19.4. The summed E-state index contributed by atoms with van der Waals surface area (Å²) in [7, 11) is 1.66. The summed E-state index contributed by atoms with van der Waals surface area (Å²) in [6.07, 6.45) is 0.763. The van der Waals surface area contributed by atoms with Crippen LogP contribution >= 0.6 is 0 Å². The lowest BCUT2D eigenvalue weighted by Crippen LogP contribution is -2.50. The van der Waals surface area contributed by atoms with Gasteiger partial charge in [0.25, 0.3) is 5.91 Å². The van der Waals surface area contributed by atoms with Crippen molar-refractivity contribution in [3.63, 3.8) is 0 Å². The fourth-order valence-electron chi connectivity index (χ4n) is 7.25. The molecule has 41 heavy (non-hydrogen) atoms. The highest BCUT2D eigenvalue weighted by molar-refractivity contribution is 6.10. The number of anilines is 1. The maximum atomic E-state index is 15.9. The SMILES string of the molecule is Cn1cnnc1[C@@H](F)C1(c2cccc(N3Cc4c(cc(CN5C6CCCC5CC6)cc4C(F)(F)F)C3=O)c2)COC1. The Bertz CT molecular complexity index is 1480. The maximum absolute atomic E-state index is 15.9. The summed E-state index contributed by atoms with van der Waals surface area (Å²) < 4.78 is 65.9. The Hall–Kier alpha value is -3.31. The molecule has 216 valence electrons. The fraction of sp³-hybridized carbons (Fsp3) is 0.500. The van der Waals surface area contributed by atoms with Gasteiger partial charge in [-0.2, -0.15) is 13.2 Å². The molecule has 0 saturated carbocycles. The minimum atomic E-state index is -4.59. The molecule has 3 atom stereocenters. The summed E-state index contributed by atoms with van der Waals surface area (Å²) >= 11 is 0. The van der Waals surface area contributed by atoms with Crippen LogP contribution in [0.3, 0.4) is 0 Å². The van der Waals surface area contributed by atoms with E-state index in [2.05, 4.69) is 15.1 Å². The number of nitrogens with zero attached hydrogens (tertiary/aromatic N) is 5. The van der Waals surface area contributed by atoms with E-state index in [-0.39, 0.29) is 36.7 Å². The van der Waals surface area contributed by atoms with E-state index in [1.807, 2.05) is 0 Å². The predicted octanol–water partition coefficient (Wildman–Crippen LogP) is 5.49. The van der Waals surface area contributed by atoms with Gasteiger partial charge in [0.2, 0.25) is 0 Å². The van der Waals surface area contributed by atoms with Crippen molar-refractivity contribution in [1.29, 1.82) is 0 Å². The van der Waals surface area contributed by atoms with Crippen molar-refractivity contribution in [2.45, 2.75) is 75.0 Å². The van der Waals surface area contributed by atoms with Gasteiger partial charge in [-0.15, -0.1) is 10.2 Å². The number of halogens is 4. The second kappa shape index (κ2) is 9.62. The van der Waals surface area contributed by atoms with Crippen molar-refractivity contribution in [2.24, 2.45) is 7.05 Å². The lowest BCUT2D eigenvalue weighted by Gasteiger charge is -2.43. The van der Waals surface area contributed by atoms with Crippen molar-refractivity contribution in [2.75, 3.05) is 18.1 Å². The van der Waals surface area contributed by atoms with E-state index in [1.54, 1.807) is 37.4 Å². The van der Waals surface area contributed by atoms with Gasteiger partial charge in [0.1, 0.15) is 6.33 Å². The molecule has 2 bridgehead atoms. The zero-order valence-corrected chi connectivity index (χ0v) is 22.7. The first-order valence-corrected chi connectivity index (χ1v) is 14.1. The van der Waals surface area contributed by atoms with E-state index < -0.39 is 29.2 Å². The van der Waals surface area contributed by atoms with Gasteiger partial charge in [0.15, 0.2) is 12.0 Å². The Balaban J connectivity index is 1.21. The molecule has 4 aliphatic heterocycles. The molecule has 2 aromatic carbocycles. The Morgan fingerprint density at radius 3 is 2.49 bits per heavy atom. The quantitative estimate of drug-likeness (QED) is 0.368. The molecule has 0 radical (unpaired) electrons. The molecule has 0 aliphatic carbocycles. The average molecular weight is 570 g/mol. The van der Waals surface area contributed by atoms with E-state index in [0.717, 1.165) is 32.1 Å². The molecule has 0 N–H and O–H groups in total. The van der Waals surface area contributed by atoms with Gasteiger partial charge in [-0.05, 0) is 66.6 Å². The van der Waals surface area contributed by atoms with Gasteiger partial charge >= 0.3 is 6.18 Å². The molecule has 0 spiro atoms. The third kappa shape index (κ3) is 4.27. The number of carbonyl (C=O) groups excluding carboxylic acids is 1. The first-order valence-electron chi connectivity index (χ1n) is 14.1. The second-order valence-electron chi connectivity index (χ2n) is 11.9. The first kappa shape index (κ1) is 26.6. The number of hydrogen-bond acceptors (Lipinski definition) is 5. The van der Waals surface area contributed by atoms with Crippen molar-refractivity contribution in [1.82, 2.24) is 19.7 Å².